The van der Waals surface area contributed by atoms with Gasteiger partial charge in [-0.25, -0.2) is 0 Å². The van der Waals surface area contributed by atoms with Crippen LogP contribution in [0.4, 0.5) is 5.69 Å². The highest BCUT2D eigenvalue weighted by Gasteiger charge is 2.15. The van der Waals surface area contributed by atoms with E-state index in [9.17, 15) is 4.79 Å². The molecule has 0 fully saturated rings. The van der Waals surface area contributed by atoms with Crippen molar-refractivity contribution in [1.82, 2.24) is 0 Å². The highest BCUT2D eigenvalue weighted by Crippen LogP contribution is 2.27. The van der Waals surface area contributed by atoms with Crippen molar-refractivity contribution in [1.29, 1.82) is 0 Å². The van der Waals surface area contributed by atoms with Gasteiger partial charge in [0.15, 0.2) is 0 Å². The monoisotopic (exact) mass is 383 g/mol. The first-order chi connectivity index (χ1) is 11.5. The maximum absolute atomic E-state index is 12.8. The summed E-state index contributed by atoms with van der Waals surface area (Å²) in [6.07, 6.45) is -0.00437. The number of carbonyl (C=O) groups excluding carboxylic acids is 1. The Labute approximate surface area is 149 Å². The third-order valence-electron chi connectivity index (χ3n) is 3.59. The van der Waals surface area contributed by atoms with Crippen LogP contribution in [0.2, 0.25) is 0 Å². The highest BCUT2D eigenvalue weighted by molar-refractivity contribution is 9.10. The lowest BCUT2D eigenvalue weighted by molar-refractivity contribution is 0.102. The van der Waals surface area contributed by atoms with E-state index >= 15 is 0 Å². The highest BCUT2D eigenvalue weighted by atomic mass is 79.9. The predicted octanol–water partition coefficient (Wildman–Crippen LogP) is 5.64. The number of amides is 1. The number of carbonyl (C=O) groups is 1. The number of benzene rings is 3. The lowest BCUT2D eigenvalue weighted by Crippen LogP contribution is -2.16. The molecular formula is C20H18BrNO2. The fourth-order valence-electron chi connectivity index (χ4n) is 2.56. The Morgan fingerprint density at radius 1 is 1.04 bits per heavy atom. The molecule has 3 aromatic carbocycles. The second-order valence-corrected chi connectivity index (χ2v) is 6.70. The van der Waals surface area contributed by atoms with E-state index in [1.54, 1.807) is 6.07 Å². The van der Waals surface area contributed by atoms with Crippen LogP contribution in [0, 0.1) is 0 Å². The molecule has 0 saturated carbocycles. The van der Waals surface area contributed by atoms with E-state index in [0.717, 1.165) is 20.9 Å². The number of rotatable bonds is 4. The van der Waals surface area contributed by atoms with Crippen LogP contribution in [-0.4, -0.2) is 12.0 Å². The first kappa shape index (κ1) is 16.5. The Morgan fingerprint density at radius 3 is 2.58 bits per heavy atom. The van der Waals surface area contributed by atoms with Gasteiger partial charge in [-0.3, -0.25) is 4.79 Å². The minimum atomic E-state index is -0.191. The second-order valence-electron chi connectivity index (χ2n) is 5.79. The molecule has 0 atom stereocenters. The van der Waals surface area contributed by atoms with Crippen molar-refractivity contribution < 1.29 is 9.53 Å². The van der Waals surface area contributed by atoms with Crippen molar-refractivity contribution in [2.45, 2.75) is 20.0 Å². The molecule has 3 rings (SSSR count). The van der Waals surface area contributed by atoms with Crippen LogP contribution in [0.3, 0.4) is 0 Å². The van der Waals surface area contributed by atoms with Crippen molar-refractivity contribution in [3.8, 4) is 5.75 Å². The van der Waals surface area contributed by atoms with Gasteiger partial charge in [0.05, 0.1) is 11.7 Å². The summed E-state index contributed by atoms with van der Waals surface area (Å²) in [6.45, 7) is 3.88. The van der Waals surface area contributed by atoms with E-state index in [-0.39, 0.29) is 12.0 Å². The van der Waals surface area contributed by atoms with Crippen LogP contribution < -0.4 is 10.1 Å². The van der Waals surface area contributed by atoms with Gasteiger partial charge in [-0.15, -0.1) is 0 Å². The fraction of sp³-hybridized carbons (Fsp3) is 0.150. The first-order valence-corrected chi connectivity index (χ1v) is 8.59. The maximum Gasteiger partial charge on any atom is 0.259 e. The number of hydrogen-bond acceptors (Lipinski definition) is 2. The fourth-order valence-corrected chi connectivity index (χ4v) is 2.92. The average molecular weight is 384 g/mol. The van der Waals surface area contributed by atoms with Crippen LogP contribution in [0.1, 0.15) is 24.2 Å². The number of anilines is 1. The quantitative estimate of drug-likeness (QED) is 0.632. The zero-order valence-corrected chi connectivity index (χ0v) is 15.1. The summed E-state index contributed by atoms with van der Waals surface area (Å²) < 4.78 is 6.60. The van der Waals surface area contributed by atoms with Crippen LogP contribution >= 0.6 is 15.9 Å². The molecule has 24 heavy (non-hydrogen) atoms. The normalized spacial score (nSPS) is 10.8. The summed E-state index contributed by atoms with van der Waals surface area (Å²) in [7, 11) is 0. The molecule has 0 spiro atoms. The molecule has 0 unspecified atom stereocenters. The zero-order valence-electron chi connectivity index (χ0n) is 13.5. The van der Waals surface area contributed by atoms with E-state index in [0.29, 0.717) is 11.3 Å². The van der Waals surface area contributed by atoms with Crippen LogP contribution in [0.5, 0.6) is 5.75 Å². The minimum absolute atomic E-state index is 0.00437. The number of halogens is 1. The lowest BCUT2D eigenvalue weighted by Gasteiger charge is -2.15. The Hall–Kier alpha value is -2.33. The van der Waals surface area contributed by atoms with E-state index in [4.69, 9.17) is 4.74 Å². The molecule has 0 aromatic heterocycles. The van der Waals surface area contributed by atoms with E-state index < -0.39 is 0 Å². The van der Waals surface area contributed by atoms with Gasteiger partial charge in [-0.2, -0.15) is 0 Å². The molecule has 1 N–H and O–H groups in total. The molecule has 0 saturated heterocycles. The minimum Gasteiger partial charge on any atom is -0.490 e. The number of hydrogen-bond donors (Lipinski definition) is 1. The first-order valence-electron chi connectivity index (χ1n) is 7.80. The Kier molecular flexibility index (Phi) is 4.86. The third kappa shape index (κ3) is 3.60. The second kappa shape index (κ2) is 7.05. The molecule has 0 aliphatic heterocycles. The number of nitrogens with one attached hydrogen (secondary N) is 1. The van der Waals surface area contributed by atoms with E-state index in [1.165, 1.54) is 0 Å². The Morgan fingerprint density at radius 2 is 1.79 bits per heavy atom. The van der Waals surface area contributed by atoms with Crippen molar-refractivity contribution in [3.05, 3.63) is 70.7 Å². The molecule has 0 heterocycles. The molecule has 0 aliphatic carbocycles. The smallest absolute Gasteiger partial charge is 0.259 e. The molecule has 4 heteroatoms. The van der Waals surface area contributed by atoms with Crippen LogP contribution in [-0.2, 0) is 0 Å². The summed E-state index contributed by atoms with van der Waals surface area (Å²) in [5.41, 5.74) is 1.29. The lowest BCUT2D eigenvalue weighted by atomic mass is 10.1. The Bertz CT molecular complexity index is 884. The molecule has 0 aliphatic rings. The van der Waals surface area contributed by atoms with Crippen molar-refractivity contribution in [3.63, 3.8) is 0 Å². The molecule has 122 valence electrons. The molecule has 1 amide bonds. The summed E-state index contributed by atoms with van der Waals surface area (Å²) in [5.74, 6) is 0.384. The van der Waals surface area contributed by atoms with Crippen molar-refractivity contribution in [2.75, 3.05) is 5.32 Å². The summed E-state index contributed by atoms with van der Waals surface area (Å²) >= 11 is 3.42. The SMILES string of the molecule is CC(C)Oc1ccc(Br)cc1C(=O)Nc1cccc2ccccc12. The summed E-state index contributed by atoms with van der Waals surface area (Å²) in [6, 6.07) is 19.3. The Balaban J connectivity index is 1.96. The molecule has 0 bridgehead atoms. The van der Waals surface area contributed by atoms with Gasteiger partial charge in [0.25, 0.3) is 5.91 Å². The third-order valence-corrected chi connectivity index (χ3v) is 4.08. The topological polar surface area (TPSA) is 38.3 Å². The van der Waals surface area contributed by atoms with Crippen molar-refractivity contribution >= 4 is 38.3 Å². The van der Waals surface area contributed by atoms with Crippen molar-refractivity contribution in [2.24, 2.45) is 0 Å². The van der Waals surface area contributed by atoms with Crippen LogP contribution in [0.15, 0.2) is 65.1 Å². The summed E-state index contributed by atoms with van der Waals surface area (Å²) in [4.78, 5) is 12.8. The van der Waals surface area contributed by atoms with E-state index in [1.807, 2.05) is 68.4 Å². The molecule has 3 nitrogen and oxygen atoms in total. The number of ether oxygens (including phenoxy) is 1. The van der Waals surface area contributed by atoms with Gasteiger partial charge < -0.3 is 10.1 Å². The average Bonchev–Trinajstić information content (AvgIpc) is 2.56. The largest absolute Gasteiger partial charge is 0.490 e. The van der Waals surface area contributed by atoms with Gasteiger partial charge in [-0.1, -0.05) is 52.3 Å². The summed E-state index contributed by atoms with van der Waals surface area (Å²) in [5, 5.41) is 5.10. The molecular weight excluding hydrogens is 366 g/mol. The predicted molar refractivity (Wildman–Crippen MR) is 102 cm³/mol. The van der Waals surface area contributed by atoms with Gasteiger partial charge in [0.1, 0.15) is 5.75 Å². The van der Waals surface area contributed by atoms with Crippen LogP contribution in [0.25, 0.3) is 10.8 Å². The maximum atomic E-state index is 12.8. The standard InChI is InChI=1S/C20H18BrNO2/c1-13(2)24-19-11-10-15(21)12-17(19)20(23)22-18-9-5-7-14-6-3-4-8-16(14)18/h3-13H,1-2H3,(H,22,23). The van der Waals surface area contributed by atoms with Gasteiger partial charge in [-0.05, 0) is 43.5 Å². The molecule has 0 radical (unpaired) electrons. The van der Waals surface area contributed by atoms with Gasteiger partial charge >= 0.3 is 0 Å². The van der Waals surface area contributed by atoms with E-state index in [2.05, 4.69) is 21.2 Å². The van der Waals surface area contributed by atoms with Gasteiger partial charge in [0, 0.05) is 15.5 Å². The number of fused-ring (bicyclic) bond motifs is 1. The molecule has 3 aromatic rings. The zero-order chi connectivity index (χ0) is 17.1. The van der Waals surface area contributed by atoms with Gasteiger partial charge in [0.2, 0.25) is 0 Å².